The second-order valence-corrected chi connectivity index (χ2v) is 5.79. The number of ketones is 1. The lowest BCUT2D eigenvalue weighted by molar-refractivity contribution is -0.119. The Morgan fingerprint density at radius 1 is 1.35 bits per heavy atom. The highest BCUT2D eigenvalue weighted by molar-refractivity contribution is 7.19. The zero-order valence-electron chi connectivity index (χ0n) is 11.2. The Morgan fingerprint density at radius 2 is 2.15 bits per heavy atom. The maximum absolute atomic E-state index is 11.5. The molecule has 0 amide bonds. The molecule has 0 unspecified atom stereocenters. The largest absolute Gasteiger partial charge is 0.300 e. The highest BCUT2D eigenvalue weighted by Gasteiger charge is 2.11. The molecule has 4 nitrogen and oxygen atoms in total. The van der Waals surface area contributed by atoms with E-state index in [4.69, 9.17) is 0 Å². The minimum Gasteiger partial charge on any atom is -0.300 e. The van der Waals surface area contributed by atoms with E-state index in [1.165, 1.54) is 0 Å². The van der Waals surface area contributed by atoms with E-state index in [9.17, 15) is 14.5 Å². The fourth-order valence-electron chi connectivity index (χ4n) is 2.17. The predicted octanol–water partition coefficient (Wildman–Crippen LogP) is 4.41. The minimum absolute atomic E-state index is 0.166. The number of carbonyl (C=O) groups is 2. The molecule has 5 heteroatoms. The van der Waals surface area contributed by atoms with Gasteiger partial charge in [0.15, 0.2) is 6.29 Å². The van der Waals surface area contributed by atoms with Crippen molar-refractivity contribution in [2.75, 3.05) is 0 Å². The highest BCUT2D eigenvalue weighted by atomic mass is 32.1. The summed E-state index contributed by atoms with van der Waals surface area (Å²) in [5.74, 6) is 0.260. The van der Waals surface area contributed by atoms with Gasteiger partial charge in [-0.15, -0.1) is 16.2 Å². The first-order valence-electron chi connectivity index (χ1n) is 6.55. The zero-order valence-corrected chi connectivity index (χ0v) is 12.0. The predicted molar refractivity (Wildman–Crippen MR) is 80.9 cm³/mol. The number of carbonyl (C=O) groups excluding carboxylic acids is 2. The van der Waals surface area contributed by atoms with E-state index in [1.807, 2.05) is 13.0 Å². The summed E-state index contributed by atoms with van der Waals surface area (Å²) in [5.41, 5.74) is 0.499. The van der Waals surface area contributed by atoms with Crippen molar-refractivity contribution in [3.63, 3.8) is 0 Å². The van der Waals surface area contributed by atoms with Crippen molar-refractivity contribution in [3.05, 3.63) is 33.5 Å². The lowest BCUT2D eigenvalue weighted by Gasteiger charge is -1.96. The van der Waals surface area contributed by atoms with Crippen LogP contribution in [0.25, 0.3) is 10.1 Å². The third kappa shape index (κ3) is 2.99. The molecule has 0 aliphatic rings. The first-order chi connectivity index (χ1) is 9.69. The molecule has 0 N–H and O–H groups in total. The zero-order chi connectivity index (χ0) is 14.5. The van der Waals surface area contributed by atoms with E-state index >= 15 is 0 Å². The summed E-state index contributed by atoms with van der Waals surface area (Å²) in [6.07, 6.45) is 3.35. The van der Waals surface area contributed by atoms with Crippen LogP contribution >= 0.6 is 11.3 Å². The molecule has 0 radical (unpaired) electrons. The molecule has 0 atom stereocenters. The van der Waals surface area contributed by atoms with Crippen LogP contribution in [0.4, 0.5) is 5.69 Å². The van der Waals surface area contributed by atoms with Crippen LogP contribution in [-0.4, -0.2) is 12.1 Å². The summed E-state index contributed by atoms with van der Waals surface area (Å²) < 4.78 is 0.942. The molecule has 2 aromatic rings. The second kappa shape index (κ2) is 6.52. The van der Waals surface area contributed by atoms with E-state index in [-0.39, 0.29) is 11.5 Å². The van der Waals surface area contributed by atoms with Gasteiger partial charge in [0.25, 0.3) is 0 Å². The van der Waals surface area contributed by atoms with Crippen molar-refractivity contribution >= 4 is 39.2 Å². The molecule has 1 aromatic heterocycles. The maximum atomic E-state index is 11.5. The van der Waals surface area contributed by atoms with Crippen LogP contribution in [0.2, 0.25) is 0 Å². The molecule has 1 heterocycles. The normalized spacial score (nSPS) is 10.7. The van der Waals surface area contributed by atoms with E-state index in [2.05, 4.69) is 5.18 Å². The van der Waals surface area contributed by atoms with Gasteiger partial charge in [-0.3, -0.25) is 9.59 Å². The van der Waals surface area contributed by atoms with Gasteiger partial charge in [-0.25, -0.2) is 0 Å². The number of aryl methyl sites for hydroxylation is 1. The van der Waals surface area contributed by atoms with Gasteiger partial charge in [0.1, 0.15) is 11.5 Å². The summed E-state index contributed by atoms with van der Waals surface area (Å²) in [7, 11) is 0. The first-order valence-corrected chi connectivity index (χ1v) is 7.37. The second-order valence-electron chi connectivity index (χ2n) is 4.62. The average Bonchev–Trinajstić information content (AvgIpc) is 2.87. The van der Waals surface area contributed by atoms with Crippen molar-refractivity contribution in [2.24, 2.45) is 5.18 Å². The number of nitrogens with zero attached hydrogens (tertiary/aromatic N) is 1. The number of Topliss-reactive ketones (excluding diaryl/α,β-unsaturated/α-hetero) is 1. The smallest absolute Gasteiger partial charge is 0.153 e. The molecule has 0 saturated heterocycles. The highest BCUT2D eigenvalue weighted by Crippen LogP contribution is 2.33. The summed E-state index contributed by atoms with van der Waals surface area (Å²) in [6.45, 7) is 1.99. The summed E-state index contributed by atoms with van der Waals surface area (Å²) in [5, 5.41) is 3.62. The Balaban J connectivity index is 2.27. The molecule has 0 fully saturated rings. The molecule has 0 saturated carbocycles. The van der Waals surface area contributed by atoms with E-state index in [0.717, 1.165) is 21.4 Å². The third-order valence-electron chi connectivity index (χ3n) is 3.17. The van der Waals surface area contributed by atoms with Crippen LogP contribution in [0.5, 0.6) is 0 Å². The Bertz CT molecular complexity index is 660. The number of fused-ring (bicyclic) bond motifs is 1. The number of benzene rings is 1. The van der Waals surface area contributed by atoms with Crippen LogP contribution in [-0.2, 0) is 11.2 Å². The summed E-state index contributed by atoms with van der Waals surface area (Å²) in [4.78, 5) is 34.4. The van der Waals surface area contributed by atoms with Gasteiger partial charge in [0.2, 0.25) is 0 Å². The SMILES string of the molecule is CCCC(=O)CCc1cc2c(C=O)c(N=O)ccc2s1. The monoisotopic (exact) mass is 289 g/mol. The van der Waals surface area contributed by atoms with Crippen LogP contribution in [0.1, 0.15) is 41.4 Å². The summed E-state index contributed by atoms with van der Waals surface area (Å²) in [6, 6.07) is 5.24. The van der Waals surface area contributed by atoms with Crippen LogP contribution in [0.15, 0.2) is 23.4 Å². The number of hydrogen-bond donors (Lipinski definition) is 0. The number of hydrogen-bond acceptors (Lipinski definition) is 5. The Morgan fingerprint density at radius 3 is 2.80 bits per heavy atom. The number of thiophene rings is 1. The lowest BCUT2D eigenvalue weighted by Crippen LogP contribution is -1.97. The Kier molecular flexibility index (Phi) is 4.74. The van der Waals surface area contributed by atoms with Crippen LogP contribution in [0, 0.1) is 4.91 Å². The van der Waals surface area contributed by atoms with Crippen LogP contribution < -0.4 is 0 Å². The molecular formula is C15H15NO3S. The van der Waals surface area contributed by atoms with Crippen molar-refractivity contribution in [1.29, 1.82) is 0 Å². The average molecular weight is 289 g/mol. The van der Waals surface area contributed by atoms with Gasteiger partial charge in [-0.2, -0.15) is 0 Å². The molecule has 2 rings (SSSR count). The summed E-state index contributed by atoms with van der Waals surface area (Å²) >= 11 is 1.55. The van der Waals surface area contributed by atoms with Gasteiger partial charge < -0.3 is 0 Å². The fraction of sp³-hybridized carbons (Fsp3) is 0.333. The Labute approximate surface area is 120 Å². The van der Waals surface area contributed by atoms with Gasteiger partial charge >= 0.3 is 0 Å². The van der Waals surface area contributed by atoms with Gasteiger partial charge in [-0.05, 0) is 36.2 Å². The van der Waals surface area contributed by atoms with Crippen molar-refractivity contribution in [3.8, 4) is 0 Å². The molecule has 1 aromatic carbocycles. The van der Waals surface area contributed by atoms with Crippen molar-refractivity contribution in [2.45, 2.75) is 32.6 Å². The van der Waals surface area contributed by atoms with Gasteiger partial charge in [-0.1, -0.05) is 6.92 Å². The van der Waals surface area contributed by atoms with Crippen molar-refractivity contribution in [1.82, 2.24) is 0 Å². The van der Waals surface area contributed by atoms with Crippen LogP contribution in [0.3, 0.4) is 0 Å². The van der Waals surface area contributed by atoms with Crippen molar-refractivity contribution < 1.29 is 9.59 Å². The van der Waals surface area contributed by atoms with E-state index in [1.54, 1.807) is 23.5 Å². The number of aldehydes is 1. The quantitative estimate of drug-likeness (QED) is 0.560. The Hall–Kier alpha value is -1.88. The molecule has 0 bridgehead atoms. The van der Waals surface area contributed by atoms with E-state index < -0.39 is 0 Å². The fourth-order valence-corrected chi connectivity index (χ4v) is 3.25. The number of rotatable bonds is 7. The standard InChI is InChI=1S/C15H15NO3S/c1-2-3-10(18)4-5-11-8-12-13(9-17)14(16-19)6-7-15(12)20-11/h6-9H,2-5H2,1H3. The number of nitroso groups, excluding NO2 is 1. The van der Waals surface area contributed by atoms with Gasteiger partial charge in [0, 0.05) is 27.8 Å². The molecule has 0 aliphatic carbocycles. The minimum atomic E-state index is 0.166. The van der Waals surface area contributed by atoms with E-state index in [0.29, 0.717) is 31.1 Å². The molecule has 20 heavy (non-hydrogen) atoms. The van der Waals surface area contributed by atoms with Gasteiger partial charge in [0.05, 0.1) is 5.56 Å². The molecule has 0 aliphatic heterocycles. The molecule has 0 spiro atoms. The molecular weight excluding hydrogens is 274 g/mol. The third-order valence-corrected chi connectivity index (χ3v) is 4.33. The maximum Gasteiger partial charge on any atom is 0.153 e. The lowest BCUT2D eigenvalue weighted by atomic mass is 10.1. The topological polar surface area (TPSA) is 63.6 Å². The first kappa shape index (κ1) is 14.5. The molecule has 104 valence electrons.